The zero-order valence-corrected chi connectivity index (χ0v) is 20.0. The Bertz CT molecular complexity index is 1100. The van der Waals surface area contributed by atoms with Crippen LogP contribution in [0.5, 0.6) is 5.75 Å². The third-order valence-electron chi connectivity index (χ3n) is 5.68. The van der Waals surface area contributed by atoms with Crippen molar-refractivity contribution in [3.8, 4) is 17.1 Å². The predicted octanol–water partition coefficient (Wildman–Crippen LogP) is 5.67. The number of benzene rings is 1. The fraction of sp³-hybridized carbons (Fsp3) is 0.458. The van der Waals surface area contributed by atoms with Crippen LogP contribution in [0.4, 0.5) is 13.2 Å². The van der Waals surface area contributed by atoms with E-state index >= 15 is 0 Å². The zero-order valence-electron chi connectivity index (χ0n) is 20.0. The van der Waals surface area contributed by atoms with E-state index in [1.54, 1.807) is 11.0 Å². The van der Waals surface area contributed by atoms with Crippen molar-refractivity contribution in [2.24, 2.45) is 10.9 Å². The Morgan fingerprint density at radius 1 is 1.31 bits per heavy atom. The standard InChI is InChI=1S/C24H30F3N5O3/c1-15(2)6-4-7-16(3)11-13-34-20-10-9-17(14-18(20)24(25,26)27)21-29-22(35-31-21)19-8-5-12-32(19)23(28)30-33/h6,9-11,14,19,33H,4-5,7-8,12-13H2,1-3H3,(H2,28,30)/b16-11+/t19-/m0/s1. The third kappa shape index (κ3) is 6.77. The van der Waals surface area contributed by atoms with Crippen molar-refractivity contribution in [2.45, 2.75) is 58.7 Å². The Morgan fingerprint density at radius 3 is 2.77 bits per heavy atom. The number of hydrogen-bond acceptors (Lipinski definition) is 6. The van der Waals surface area contributed by atoms with E-state index in [2.05, 4.69) is 21.4 Å². The fourth-order valence-electron chi connectivity index (χ4n) is 3.82. The Labute approximate surface area is 201 Å². The lowest BCUT2D eigenvalue weighted by atomic mass is 10.1. The number of guanidine groups is 1. The topological polar surface area (TPSA) is 110 Å². The molecule has 0 spiro atoms. The molecule has 8 nitrogen and oxygen atoms in total. The van der Waals surface area contributed by atoms with Crippen LogP contribution in [0.15, 0.2) is 51.2 Å². The zero-order chi connectivity index (χ0) is 25.6. The van der Waals surface area contributed by atoms with Gasteiger partial charge in [0.25, 0.3) is 0 Å². The lowest BCUT2D eigenvalue weighted by Gasteiger charge is -2.21. The molecule has 3 N–H and O–H groups in total. The van der Waals surface area contributed by atoms with Crippen molar-refractivity contribution in [2.75, 3.05) is 13.2 Å². The van der Waals surface area contributed by atoms with Crippen LogP contribution in [-0.2, 0) is 6.18 Å². The molecule has 1 aromatic carbocycles. The minimum absolute atomic E-state index is 0.0124. The second-order valence-electron chi connectivity index (χ2n) is 8.66. The SMILES string of the molecule is CC(C)=CCC/C(C)=C/COc1ccc(-c2noc([C@@H]3CCCN3/C(N)=N/O)n2)cc1C(F)(F)F. The van der Waals surface area contributed by atoms with E-state index in [0.29, 0.717) is 13.0 Å². The van der Waals surface area contributed by atoms with E-state index in [0.717, 1.165) is 30.9 Å². The monoisotopic (exact) mass is 493 g/mol. The highest BCUT2D eigenvalue weighted by Gasteiger charge is 2.36. The van der Waals surface area contributed by atoms with Crippen molar-refractivity contribution >= 4 is 5.96 Å². The Hall–Kier alpha value is -3.50. The number of likely N-dealkylation sites (tertiary alicyclic amines) is 1. The van der Waals surface area contributed by atoms with Gasteiger partial charge in [0.1, 0.15) is 18.4 Å². The summed E-state index contributed by atoms with van der Waals surface area (Å²) in [4.78, 5) is 5.88. The summed E-state index contributed by atoms with van der Waals surface area (Å²) in [5.41, 5.74) is 7.18. The van der Waals surface area contributed by atoms with Gasteiger partial charge in [-0.25, -0.2) is 0 Å². The van der Waals surface area contributed by atoms with E-state index in [1.165, 1.54) is 17.7 Å². The average Bonchev–Trinajstić information content (AvgIpc) is 3.47. The second kappa shape index (κ2) is 11.3. The van der Waals surface area contributed by atoms with Gasteiger partial charge in [-0.15, -0.1) is 0 Å². The lowest BCUT2D eigenvalue weighted by Crippen LogP contribution is -2.36. The largest absolute Gasteiger partial charge is 0.489 e. The molecule has 1 aromatic heterocycles. The number of halogens is 3. The maximum absolute atomic E-state index is 13.8. The number of nitrogens with zero attached hydrogens (tertiary/aromatic N) is 4. The summed E-state index contributed by atoms with van der Waals surface area (Å²) in [6.07, 6.45) is 2.33. The van der Waals surface area contributed by atoms with Crippen LogP contribution in [0.1, 0.15) is 64.0 Å². The number of nitrogens with two attached hydrogens (primary N) is 1. The molecule has 0 amide bonds. The highest BCUT2D eigenvalue weighted by atomic mass is 19.4. The van der Waals surface area contributed by atoms with E-state index in [9.17, 15) is 13.2 Å². The van der Waals surface area contributed by atoms with Crippen molar-refractivity contribution in [1.82, 2.24) is 15.0 Å². The molecule has 1 saturated heterocycles. The van der Waals surface area contributed by atoms with Crippen LogP contribution in [0, 0.1) is 0 Å². The number of rotatable bonds is 8. The first kappa shape index (κ1) is 26.1. The highest BCUT2D eigenvalue weighted by molar-refractivity contribution is 5.78. The normalized spacial score (nSPS) is 17.1. The van der Waals surface area contributed by atoms with Crippen molar-refractivity contribution in [1.29, 1.82) is 0 Å². The summed E-state index contributed by atoms with van der Waals surface area (Å²) in [6, 6.07) is 3.26. The Kier molecular flexibility index (Phi) is 8.42. The van der Waals surface area contributed by atoms with E-state index in [-0.39, 0.29) is 35.6 Å². The van der Waals surface area contributed by atoms with Gasteiger partial charge < -0.3 is 25.1 Å². The van der Waals surface area contributed by atoms with E-state index < -0.39 is 17.8 Å². The molecule has 1 aliphatic heterocycles. The van der Waals surface area contributed by atoms with E-state index in [1.807, 2.05) is 20.8 Å². The molecule has 1 aliphatic rings. The van der Waals surface area contributed by atoms with Gasteiger partial charge in [-0.1, -0.05) is 27.5 Å². The van der Waals surface area contributed by atoms with E-state index in [4.69, 9.17) is 20.2 Å². The molecule has 1 atom stereocenters. The number of aromatic nitrogens is 2. The molecule has 0 radical (unpaired) electrons. The molecule has 2 aromatic rings. The third-order valence-corrected chi connectivity index (χ3v) is 5.68. The number of oxime groups is 1. The van der Waals surface area contributed by atoms with Crippen molar-refractivity contribution in [3.05, 3.63) is 53.0 Å². The molecule has 1 fully saturated rings. The second-order valence-corrected chi connectivity index (χ2v) is 8.66. The Balaban J connectivity index is 1.77. The minimum atomic E-state index is -4.63. The van der Waals surface area contributed by atoms with Gasteiger partial charge in [0, 0.05) is 12.1 Å². The predicted molar refractivity (Wildman–Crippen MR) is 125 cm³/mol. The molecular weight excluding hydrogens is 463 g/mol. The molecule has 190 valence electrons. The van der Waals surface area contributed by atoms with Crippen molar-refractivity contribution < 1.29 is 27.6 Å². The highest BCUT2D eigenvalue weighted by Crippen LogP contribution is 2.39. The molecule has 35 heavy (non-hydrogen) atoms. The molecule has 2 heterocycles. The molecule has 0 aliphatic carbocycles. The maximum Gasteiger partial charge on any atom is 0.419 e. The smallest absolute Gasteiger partial charge is 0.419 e. The molecule has 11 heteroatoms. The first-order valence-electron chi connectivity index (χ1n) is 11.3. The fourth-order valence-corrected chi connectivity index (χ4v) is 3.82. The van der Waals surface area contributed by atoms with Gasteiger partial charge in [0.05, 0.1) is 5.56 Å². The molecule has 3 rings (SSSR count). The summed E-state index contributed by atoms with van der Waals surface area (Å²) in [7, 11) is 0. The van der Waals surface area contributed by atoms with Crippen LogP contribution in [-0.4, -0.2) is 39.4 Å². The summed E-state index contributed by atoms with van der Waals surface area (Å²) < 4.78 is 52.1. The number of alkyl halides is 3. The molecule has 0 unspecified atom stereocenters. The van der Waals surface area contributed by atoms with Gasteiger partial charge in [-0.3, -0.25) is 0 Å². The van der Waals surface area contributed by atoms with Crippen LogP contribution in [0.2, 0.25) is 0 Å². The minimum Gasteiger partial charge on any atom is -0.489 e. The number of hydrogen-bond donors (Lipinski definition) is 2. The molecule has 0 saturated carbocycles. The summed E-state index contributed by atoms with van der Waals surface area (Å²) in [6.45, 7) is 6.53. The summed E-state index contributed by atoms with van der Waals surface area (Å²) in [5, 5.41) is 15.8. The lowest BCUT2D eigenvalue weighted by molar-refractivity contribution is -0.138. The number of ether oxygens (including phenoxy) is 1. The summed E-state index contributed by atoms with van der Waals surface area (Å²) >= 11 is 0. The van der Waals surface area contributed by atoms with Gasteiger partial charge in [-0.05, 0) is 70.7 Å². The van der Waals surface area contributed by atoms with Crippen LogP contribution in [0.3, 0.4) is 0 Å². The summed E-state index contributed by atoms with van der Waals surface area (Å²) in [5.74, 6) is -0.160. The average molecular weight is 494 g/mol. The molecule has 0 bridgehead atoms. The van der Waals surface area contributed by atoms with Crippen LogP contribution < -0.4 is 10.5 Å². The molecular formula is C24H30F3N5O3. The van der Waals surface area contributed by atoms with Gasteiger partial charge in [-0.2, -0.15) is 18.2 Å². The maximum atomic E-state index is 13.8. The first-order valence-corrected chi connectivity index (χ1v) is 11.3. The van der Waals surface area contributed by atoms with Crippen LogP contribution in [0.25, 0.3) is 11.4 Å². The Morgan fingerprint density at radius 2 is 2.09 bits per heavy atom. The quantitative estimate of drug-likeness (QED) is 0.160. The van der Waals surface area contributed by atoms with Gasteiger partial charge in [0.15, 0.2) is 0 Å². The van der Waals surface area contributed by atoms with Gasteiger partial charge in [0.2, 0.25) is 17.7 Å². The van der Waals surface area contributed by atoms with Crippen molar-refractivity contribution in [3.63, 3.8) is 0 Å². The van der Waals surface area contributed by atoms with Crippen LogP contribution >= 0.6 is 0 Å². The first-order chi connectivity index (χ1) is 16.6. The number of allylic oxidation sites excluding steroid dienone is 3. The van der Waals surface area contributed by atoms with Gasteiger partial charge >= 0.3 is 6.18 Å².